The Bertz CT molecular complexity index is 1150. The van der Waals surface area contributed by atoms with Gasteiger partial charge in [0.25, 0.3) is 0 Å². The Labute approximate surface area is 239 Å². The molecule has 40 heavy (non-hydrogen) atoms. The van der Waals surface area contributed by atoms with Crippen LogP contribution in [0, 0.1) is 6.92 Å². The Morgan fingerprint density at radius 3 is 2.08 bits per heavy atom. The number of rotatable bonds is 10. The lowest BCUT2D eigenvalue weighted by atomic mass is 9.92. The summed E-state index contributed by atoms with van der Waals surface area (Å²) in [5.41, 5.74) is 0.766. The first-order chi connectivity index (χ1) is 18.5. The van der Waals surface area contributed by atoms with Gasteiger partial charge in [0.15, 0.2) is 0 Å². The van der Waals surface area contributed by atoms with E-state index in [9.17, 15) is 19.5 Å². The van der Waals surface area contributed by atoms with Crippen molar-refractivity contribution >= 4 is 17.9 Å². The molecule has 0 saturated carbocycles. The summed E-state index contributed by atoms with van der Waals surface area (Å²) in [5, 5.41) is 15.6. The first-order valence-corrected chi connectivity index (χ1v) is 14.0. The second-order valence-electron chi connectivity index (χ2n) is 12.4. The average molecular weight is 554 g/mol. The summed E-state index contributed by atoms with van der Waals surface area (Å²) in [6.45, 7) is 16.8. The molecule has 0 fully saturated rings. The van der Waals surface area contributed by atoms with Crippen LogP contribution in [-0.2, 0) is 20.7 Å². The molecule has 3 unspecified atom stereocenters. The Morgan fingerprint density at radius 2 is 1.55 bits per heavy atom. The lowest BCUT2D eigenvalue weighted by molar-refractivity contribution is -0.148. The molecule has 3 N–H and O–H groups in total. The molecule has 2 rings (SSSR count). The van der Waals surface area contributed by atoms with Crippen molar-refractivity contribution in [3.63, 3.8) is 0 Å². The van der Waals surface area contributed by atoms with E-state index in [1.807, 2.05) is 58.9 Å². The van der Waals surface area contributed by atoms with Gasteiger partial charge < -0.3 is 25.4 Å². The molecule has 0 saturated heterocycles. The van der Waals surface area contributed by atoms with E-state index in [-0.39, 0.29) is 24.1 Å². The van der Waals surface area contributed by atoms with Crippen molar-refractivity contribution in [3.8, 4) is 5.75 Å². The predicted octanol–water partition coefficient (Wildman–Crippen LogP) is 5.81. The summed E-state index contributed by atoms with van der Waals surface area (Å²) < 4.78 is 5.49. The number of hydrogen-bond acceptors (Lipinski definition) is 5. The Balaban J connectivity index is 2.62. The summed E-state index contributed by atoms with van der Waals surface area (Å²) in [5.74, 6) is -0.599. The molecule has 3 amide bonds. The molecule has 2 aromatic rings. The highest BCUT2D eigenvalue weighted by atomic mass is 16.6. The van der Waals surface area contributed by atoms with Crippen molar-refractivity contribution in [1.29, 1.82) is 0 Å². The minimum atomic E-state index is -1.04. The van der Waals surface area contributed by atoms with Crippen molar-refractivity contribution in [1.82, 2.24) is 15.5 Å². The number of nitrogens with one attached hydrogen (secondary N) is 2. The van der Waals surface area contributed by atoms with Crippen LogP contribution in [0.2, 0.25) is 0 Å². The van der Waals surface area contributed by atoms with Crippen molar-refractivity contribution in [2.24, 2.45) is 0 Å². The number of hydrogen-bond donors (Lipinski definition) is 3. The lowest BCUT2D eigenvalue weighted by Gasteiger charge is -2.43. The number of phenolic OH excluding ortho intramolecular Hbond substituents is 1. The number of aryl methyl sites for hydroxylation is 1. The molecular formula is C32H47N3O5. The number of ether oxygens (including phenoxy) is 1. The summed E-state index contributed by atoms with van der Waals surface area (Å²) in [6, 6.07) is 12.0. The number of nitrogens with zero attached hydrogens (tertiary/aromatic N) is 1. The van der Waals surface area contributed by atoms with Crippen LogP contribution in [0.15, 0.2) is 48.5 Å². The Hall–Kier alpha value is -3.55. The largest absolute Gasteiger partial charge is 0.508 e. The monoisotopic (exact) mass is 553 g/mol. The fourth-order valence-electron chi connectivity index (χ4n) is 4.65. The highest BCUT2D eigenvalue weighted by Crippen LogP contribution is 2.32. The van der Waals surface area contributed by atoms with Gasteiger partial charge in [0.05, 0.1) is 0 Å². The van der Waals surface area contributed by atoms with Crippen LogP contribution < -0.4 is 10.6 Å². The molecule has 0 aliphatic carbocycles. The molecule has 220 valence electrons. The Kier molecular flexibility index (Phi) is 11.2. The SMILES string of the molecule is CCCC(C)NC(=O)C(c1ccccc1C)N(C(=O)C(Cc1ccc(O)cc1)NC(=O)OC(C)(C)C)C(C)(C)C. The third kappa shape index (κ3) is 9.57. The van der Waals surface area contributed by atoms with Crippen LogP contribution in [0.3, 0.4) is 0 Å². The molecular weight excluding hydrogens is 506 g/mol. The number of amides is 3. The minimum absolute atomic E-state index is 0.0754. The summed E-state index contributed by atoms with van der Waals surface area (Å²) >= 11 is 0. The van der Waals surface area contributed by atoms with Crippen LogP contribution in [0.25, 0.3) is 0 Å². The van der Waals surface area contributed by atoms with Crippen LogP contribution in [0.4, 0.5) is 4.79 Å². The van der Waals surface area contributed by atoms with Crippen LogP contribution in [-0.4, -0.2) is 51.1 Å². The summed E-state index contributed by atoms with van der Waals surface area (Å²) in [6.07, 6.45) is 1.12. The molecule has 0 radical (unpaired) electrons. The highest BCUT2D eigenvalue weighted by Gasteiger charge is 2.42. The minimum Gasteiger partial charge on any atom is -0.508 e. The topological polar surface area (TPSA) is 108 Å². The fraction of sp³-hybridized carbons (Fsp3) is 0.531. The van der Waals surface area contributed by atoms with Crippen molar-refractivity contribution in [3.05, 3.63) is 65.2 Å². The van der Waals surface area contributed by atoms with Crippen LogP contribution in [0.5, 0.6) is 5.75 Å². The van der Waals surface area contributed by atoms with Gasteiger partial charge in [-0.25, -0.2) is 4.79 Å². The molecule has 8 nitrogen and oxygen atoms in total. The van der Waals surface area contributed by atoms with Gasteiger partial charge in [-0.05, 0) is 90.6 Å². The van der Waals surface area contributed by atoms with E-state index in [0.29, 0.717) is 5.56 Å². The average Bonchev–Trinajstić information content (AvgIpc) is 2.81. The van der Waals surface area contributed by atoms with Gasteiger partial charge in [0.2, 0.25) is 11.8 Å². The number of carbonyl (C=O) groups is 3. The van der Waals surface area contributed by atoms with Gasteiger partial charge >= 0.3 is 6.09 Å². The number of carbonyl (C=O) groups excluding carboxylic acids is 3. The molecule has 0 bridgehead atoms. The van der Waals surface area contributed by atoms with Gasteiger partial charge in [0, 0.05) is 18.0 Å². The van der Waals surface area contributed by atoms with Gasteiger partial charge in [-0.3, -0.25) is 9.59 Å². The zero-order chi connectivity index (χ0) is 30.3. The number of alkyl carbamates (subject to hydrolysis) is 1. The van der Waals surface area contributed by atoms with E-state index < -0.39 is 35.2 Å². The maximum atomic E-state index is 14.5. The van der Waals surface area contributed by atoms with Gasteiger partial charge in [-0.15, -0.1) is 0 Å². The zero-order valence-corrected chi connectivity index (χ0v) is 25.5. The van der Waals surface area contributed by atoms with E-state index in [1.54, 1.807) is 37.8 Å². The molecule has 0 aliphatic heterocycles. The summed E-state index contributed by atoms with van der Waals surface area (Å²) in [7, 11) is 0. The second kappa shape index (κ2) is 13.7. The van der Waals surface area contributed by atoms with Crippen LogP contribution in [0.1, 0.15) is 91.0 Å². The number of aromatic hydroxyl groups is 1. The molecule has 0 aromatic heterocycles. The smallest absolute Gasteiger partial charge is 0.408 e. The standard InChI is InChI=1S/C32H47N3O5/c1-10-13-22(3)33-28(37)27(25-15-12-11-14-21(25)2)35(31(4,5)6)29(38)26(34-30(39)40-32(7,8)9)20-23-16-18-24(36)19-17-23/h11-12,14-19,22,26-27,36H,10,13,20H2,1-9H3,(H,33,37)(H,34,39). The molecule has 0 spiro atoms. The van der Waals surface area contributed by atoms with E-state index in [0.717, 1.165) is 24.0 Å². The lowest BCUT2D eigenvalue weighted by Crippen LogP contribution is -2.59. The first-order valence-electron chi connectivity index (χ1n) is 14.0. The van der Waals surface area contributed by atoms with Gasteiger partial charge in [-0.1, -0.05) is 49.7 Å². The molecule has 2 aromatic carbocycles. The van der Waals surface area contributed by atoms with Crippen LogP contribution >= 0.6 is 0 Å². The van der Waals surface area contributed by atoms with Crippen molar-refractivity contribution < 1.29 is 24.2 Å². The van der Waals surface area contributed by atoms with Crippen molar-refractivity contribution in [2.45, 2.75) is 111 Å². The normalized spacial score (nSPS) is 14.0. The molecule has 8 heteroatoms. The van der Waals surface area contributed by atoms with Crippen molar-refractivity contribution in [2.75, 3.05) is 0 Å². The molecule has 3 atom stereocenters. The zero-order valence-electron chi connectivity index (χ0n) is 25.5. The van der Waals surface area contributed by atoms with Gasteiger partial charge in [0.1, 0.15) is 23.4 Å². The number of benzene rings is 2. The third-order valence-electron chi connectivity index (χ3n) is 6.43. The first kappa shape index (κ1) is 32.7. The van der Waals surface area contributed by atoms with E-state index in [4.69, 9.17) is 4.74 Å². The maximum Gasteiger partial charge on any atom is 0.408 e. The number of phenols is 1. The maximum absolute atomic E-state index is 14.5. The predicted molar refractivity (Wildman–Crippen MR) is 158 cm³/mol. The summed E-state index contributed by atoms with van der Waals surface area (Å²) in [4.78, 5) is 43.0. The molecule has 0 aliphatic rings. The van der Waals surface area contributed by atoms with E-state index in [1.165, 1.54) is 12.1 Å². The quantitative estimate of drug-likeness (QED) is 0.344. The Morgan fingerprint density at radius 1 is 0.950 bits per heavy atom. The highest BCUT2D eigenvalue weighted by molar-refractivity contribution is 5.93. The fourth-order valence-corrected chi connectivity index (χ4v) is 4.65. The second-order valence-corrected chi connectivity index (χ2v) is 12.4. The van der Waals surface area contributed by atoms with Gasteiger partial charge in [-0.2, -0.15) is 0 Å². The van der Waals surface area contributed by atoms with E-state index in [2.05, 4.69) is 17.6 Å². The third-order valence-corrected chi connectivity index (χ3v) is 6.43. The van der Waals surface area contributed by atoms with E-state index >= 15 is 0 Å². The molecule has 0 heterocycles.